The molecule has 30 heavy (non-hydrogen) atoms. The molecule has 0 saturated heterocycles. The molecule has 0 radical (unpaired) electrons. The molecule has 1 aliphatic carbocycles. The maximum Gasteiger partial charge on any atom is 0.267 e. The Labute approximate surface area is 184 Å². The van der Waals surface area contributed by atoms with Crippen LogP contribution in [0, 0.1) is 27.7 Å². The highest BCUT2D eigenvalue weighted by molar-refractivity contribution is 7.99. The SMILES string of the molecule is Cc1ccc(-n2c(SCC(=O)NC3CCCC3)nc3sc(C)c(C)c3c2=O)c(C)c1. The maximum atomic E-state index is 13.6. The molecule has 1 fully saturated rings. The first-order valence-corrected chi connectivity index (χ1v) is 12.2. The van der Waals surface area contributed by atoms with Crippen molar-refractivity contribution in [1.82, 2.24) is 14.9 Å². The summed E-state index contributed by atoms with van der Waals surface area (Å²) in [7, 11) is 0. The minimum atomic E-state index is -0.0625. The molecule has 0 unspecified atom stereocenters. The monoisotopic (exact) mass is 441 g/mol. The number of hydrogen-bond donors (Lipinski definition) is 1. The van der Waals surface area contributed by atoms with Crippen molar-refractivity contribution in [2.45, 2.75) is 64.6 Å². The highest BCUT2D eigenvalue weighted by Crippen LogP contribution is 2.30. The number of carbonyl (C=O) groups excluding carboxylic acids is 1. The number of fused-ring (bicyclic) bond motifs is 1. The van der Waals surface area contributed by atoms with Crippen molar-refractivity contribution in [2.75, 3.05) is 5.75 Å². The quantitative estimate of drug-likeness (QED) is 0.455. The number of aromatic nitrogens is 2. The molecule has 0 atom stereocenters. The highest BCUT2D eigenvalue weighted by Gasteiger charge is 2.21. The van der Waals surface area contributed by atoms with Crippen molar-refractivity contribution in [2.24, 2.45) is 0 Å². The van der Waals surface area contributed by atoms with Gasteiger partial charge >= 0.3 is 0 Å². The molecule has 1 aliphatic rings. The Bertz CT molecular complexity index is 1170. The molecule has 158 valence electrons. The maximum absolute atomic E-state index is 13.6. The Balaban J connectivity index is 1.75. The normalized spacial score (nSPS) is 14.5. The van der Waals surface area contributed by atoms with E-state index in [1.807, 2.05) is 39.8 Å². The van der Waals surface area contributed by atoms with Gasteiger partial charge in [0.25, 0.3) is 5.56 Å². The minimum Gasteiger partial charge on any atom is -0.353 e. The summed E-state index contributed by atoms with van der Waals surface area (Å²) < 4.78 is 1.68. The van der Waals surface area contributed by atoms with E-state index < -0.39 is 0 Å². The number of thioether (sulfide) groups is 1. The molecule has 7 heteroatoms. The van der Waals surface area contributed by atoms with E-state index in [-0.39, 0.29) is 23.3 Å². The van der Waals surface area contributed by atoms with E-state index in [2.05, 4.69) is 11.4 Å². The fourth-order valence-corrected chi connectivity index (χ4v) is 6.00. The third-order valence-electron chi connectivity index (χ3n) is 5.82. The van der Waals surface area contributed by atoms with Gasteiger partial charge in [-0.3, -0.25) is 14.2 Å². The number of carbonyl (C=O) groups is 1. The van der Waals surface area contributed by atoms with Crippen molar-refractivity contribution in [3.8, 4) is 5.69 Å². The van der Waals surface area contributed by atoms with Gasteiger partial charge in [0.2, 0.25) is 5.91 Å². The molecular weight excluding hydrogens is 414 g/mol. The molecule has 2 aromatic heterocycles. The van der Waals surface area contributed by atoms with Gasteiger partial charge in [-0.15, -0.1) is 11.3 Å². The summed E-state index contributed by atoms with van der Waals surface area (Å²) in [5.74, 6) is 0.259. The van der Waals surface area contributed by atoms with Crippen LogP contribution in [0.25, 0.3) is 15.9 Å². The van der Waals surface area contributed by atoms with Gasteiger partial charge in [-0.25, -0.2) is 4.98 Å². The van der Waals surface area contributed by atoms with Gasteiger partial charge in [0.1, 0.15) is 4.83 Å². The summed E-state index contributed by atoms with van der Waals surface area (Å²) in [6.45, 7) is 8.04. The van der Waals surface area contributed by atoms with Gasteiger partial charge in [0.15, 0.2) is 5.16 Å². The smallest absolute Gasteiger partial charge is 0.267 e. The molecule has 0 bridgehead atoms. The van der Waals surface area contributed by atoms with E-state index in [9.17, 15) is 9.59 Å². The number of rotatable bonds is 5. The minimum absolute atomic E-state index is 0.00645. The first kappa shape index (κ1) is 21.1. The van der Waals surface area contributed by atoms with Gasteiger partial charge in [-0.05, 0) is 57.7 Å². The van der Waals surface area contributed by atoms with E-state index in [1.165, 1.54) is 35.9 Å². The Morgan fingerprint density at radius 2 is 1.97 bits per heavy atom. The van der Waals surface area contributed by atoms with E-state index in [1.54, 1.807) is 4.57 Å². The van der Waals surface area contributed by atoms with Crippen molar-refractivity contribution >= 4 is 39.2 Å². The van der Waals surface area contributed by atoms with Gasteiger partial charge in [0.05, 0.1) is 16.8 Å². The number of thiophene rings is 1. The second-order valence-electron chi connectivity index (χ2n) is 8.13. The van der Waals surface area contributed by atoms with Gasteiger partial charge in [0, 0.05) is 10.9 Å². The van der Waals surface area contributed by atoms with Crippen LogP contribution < -0.4 is 10.9 Å². The van der Waals surface area contributed by atoms with Crippen molar-refractivity contribution < 1.29 is 4.79 Å². The zero-order valence-electron chi connectivity index (χ0n) is 17.9. The molecule has 1 saturated carbocycles. The Morgan fingerprint density at radius 3 is 2.67 bits per heavy atom. The average Bonchev–Trinajstić information content (AvgIpc) is 3.29. The molecule has 2 heterocycles. The highest BCUT2D eigenvalue weighted by atomic mass is 32.2. The number of amides is 1. The molecule has 0 spiro atoms. The predicted octanol–water partition coefficient (Wildman–Crippen LogP) is 4.83. The van der Waals surface area contributed by atoms with E-state index >= 15 is 0 Å². The van der Waals surface area contributed by atoms with Crippen LogP contribution in [-0.2, 0) is 4.79 Å². The van der Waals surface area contributed by atoms with E-state index in [0.29, 0.717) is 10.5 Å². The second kappa shape index (κ2) is 8.55. The lowest BCUT2D eigenvalue weighted by molar-refractivity contribution is -0.119. The average molecular weight is 442 g/mol. The first-order valence-electron chi connectivity index (χ1n) is 10.4. The van der Waals surface area contributed by atoms with Crippen LogP contribution in [0.15, 0.2) is 28.2 Å². The fourth-order valence-electron chi connectivity index (χ4n) is 4.11. The van der Waals surface area contributed by atoms with Crippen molar-refractivity contribution in [3.63, 3.8) is 0 Å². The van der Waals surface area contributed by atoms with Crippen LogP contribution in [0.4, 0.5) is 0 Å². The third-order valence-corrected chi connectivity index (χ3v) is 7.86. The lowest BCUT2D eigenvalue weighted by atomic mass is 10.1. The van der Waals surface area contributed by atoms with Crippen LogP contribution in [0.1, 0.15) is 47.3 Å². The zero-order chi connectivity index (χ0) is 21.4. The summed E-state index contributed by atoms with van der Waals surface area (Å²) in [5, 5.41) is 4.37. The molecular formula is C23H27N3O2S2. The number of benzene rings is 1. The lowest BCUT2D eigenvalue weighted by Crippen LogP contribution is -2.34. The predicted molar refractivity (Wildman–Crippen MR) is 125 cm³/mol. The number of nitrogens with one attached hydrogen (secondary N) is 1. The van der Waals surface area contributed by atoms with Crippen LogP contribution in [0.3, 0.4) is 0 Å². The largest absolute Gasteiger partial charge is 0.353 e. The molecule has 0 aliphatic heterocycles. The summed E-state index contributed by atoms with van der Waals surface area (Å²) in [6, 6.07) is 6.33. The molecule has 1 aromatic carbocycles. The topological polar surface area (TPSA) is 64.0 Å². The summed E-state index contributed by atoms with van der Waals surface area (Å²) in [5.41, 5.74) is 3.90. The number of aryl methyl sites for hydroxylation is 4. The molecule has 1 amide bonds. The molecule has 3 aromatic rings. The van der Waals surface area contributed by atoms with E-state index in [0.717, 1.165) is 44.9 Å². The molecule has 5 nitrogen and oxygen atoms in total. The van der Waals surface area contributed by atoms with Crippen LogP contribution in [0.5, 0.6) is 0 Å². The molecule has 1 N–H and O–H groups in total. The zero-order valence-corrected chi connectivity index (χ0v) is 19.5. The second-order valence-corrected chi connectivity index (χ2v) is 10.3. The van der Waals surface area contributed by atoms with Crippen LogP contribution >= 0.6 is 23.1 Å². The van der Waals surface area contributed by atoms with Crippen LogP contribution in [0.2, 0.25) is 0 Å². The summed E-state index contributed by atoms with van der Waals surface area (Å²) in [6.07, 6.45) is 4.47. The van der Waals surface area contributed by atoms with Crippen molar-refractivity contribution in [3.05, 3.63) is 50.1 Å². The molecule has 4 rings (SSSR count). The first-order chi connectivity index (χ1) is 14.3. The Kier molecular flexibility index (Phi) is 6.02. The van der Waals surface area contributed by atoms with Gasteiger partial charge in [-0.2, -0.15) is 0 Å². The standard InChI is InChI=1S/C23H27N3O2S2/c1-13-9-10-18(14(2)11-13)26-22(28)20-15(3)16(4)30-21(20)25-23(26)29-12-19(27)24-17-7-5-6-8-17/h9-11,17H,5-8,12H2,1-4H3,(H,24,27). The Morgan fingerprint density at radius 1 is 1.23 bits per heavy atom. The van der Waals surface area contributed by atoms with Gasteiger partial charge < -0.3 is 5.32 Å². The van der Waals surface area contributed by atoms with Crippen LogP contribution in [-0.4, -0.2) is 27.3 Å². The number of hydrogen-bond acceptors (Lipinski definition) is 5. The van der Waals surface area contributed by atoms with Crippen molar-refractivity contribution in [1.29, 1.82) is 0 Å². The van der Waals surface area contributed by atoms with E-state index in [4.69, 9.17) is 4.98 Å². The number of nitrogens with zero attached hydrogens (tertiary/aromatic N) is 2. The lowest BCUT2D eigenvalue weighted by Gasteiger charge is -2.16. The summed E-state index contributed by atoms with van der Waals surface area (Å²) in [4.78, 5) is 32.7. The third kappa shape index (κ3) is 4.05. The fraction of sp³-hybridized carbons (Fsp3) is 0.435. The van der Waals surface area contributed by atoms with Gasteiger partial charge in [-0.1, -0.05) is 42.3 Å². The Hall–Kier alpha value is -2.12. The summed E-state index contributed by atoms with van der Waals surface area (Å²) >= 11 is 2.88.